The number of hydrogen-bond acceptors (Lipinski definition) is 3. The van der Waals surface area contributed by atoms with E-state index in [4.69, 9.17) is 16.3 Å². The molecular formula is C10H12ClFN2O. The zero-order chi connectivity index (χ0) is 10.7. The van der Waals surface area contributed by atoms with Crippen LogP contribution in [0.4, 0.5) is 4.39 Å². The molecule has 0 amide bonds. The SMILES string of the molecule is Fc1ccc(Cl)nc1CN1CCOCC1. The fourth-order valence-corrected chi connectivity index (χ4v) is 1.70. The molecule has 2 heterocycles. The van der Waals surface area contributed by atoms with Crippen molar-refractivity contribution in [3.63, 3.8) is 0 Å². The molecular weight excluding hydrogens is 219 g/mol. The van der Waals surface area contributed by atoms with E-state index in [1.165, 1.54) is 12.1 Å². The summed E-state index contributed by atoms with van der Waals surface area (Å²) in [6, 6.07) is 2.81. The number of hydrogen-bond donors (Lipinski definition) is 0. The maximum absolute atomic E-state index is 13.3. The smallest absolute Gasteiger partial charge is 0.146 e. The molecule has 0 aliphatic carbocycles. The Kier molecular flexibility index (Phi) is 3.51. The van der Waals surface area contributed by atoms with Gasteiger partial charge in [-0.25, -0.2) is 9.37 Å². The number of aromatic nitrogens is 1. The largest absolute Gasteiger partial charge is 0.379 e. The van der Waals surface area contributed by atoms with Crippen LogP contribution in [-0.2, 0) is 11.3 Å². The van der Waals surface area contributed by atoms with E-state index in [1.807, 2.05) is 0 Å². The van der Waals surface area contributed by atoms with Crippen molar-refractivity contribution in [2.24, 2.45) is 0 Å². The highest BCUT2D eigenvalue weighted by Gasteiger charge is 2.14. The number of rotatable bonds is 2. The van der Waals surface area contributed by atoms with E-state index in [0.717, 1.165) is 13.1 Å². The zero-order valence-electron chi connectivity index (χ0n) is 8.25. The Morgan fingerprint density at radius 3 is 2.87 bits per heavy atom. The molecule has 0 radical (unpaired) electrons. The molecule has 82 valence electrons. The summed E-state index contributed by atoms with van der Waals surface area (Å²) in [5, 5.41) is 0.333. The predicted octanol–water partition coefficient (Wildman–Crippen LogP) is 1.71. The Labute approximate surface area is 92.8 Å². The van der Waals surface area contributed by atoms with Gasteiger partial charge in [-0.2, -0.15) is 0 Å². The van der Waals surface area contributed by atoms with Gasteiger partial charge in [0, 0.05) is 19.6 Å². The molecule has 15 heavy (non-hydrogen) atoms. The summed E-state index contributed by atoms with van der Waals surface area (Å²) in [6.45, 7) is 3.52. The zero-order valence-corrected chi connectivity index (χ0v) is 9.00. The molecule has 0 unspecified atom stereocenters. The monoisotopic (exact) mass is 230 g/mol. The summed E-state index contributed by atoms with van der Waals surface area (Å²) in [7, 11) is 0. The van der Waals surface area contributed by atoms with Gasteiger partial charge in [0.1, 0.15) is 11.0 Å². The van der Waals surface area contributed by atoms with Crippen molar-refractivity contribution in [2.45, 2.75) is 6.54 Å². The van der Waals surface area contributed by atoms with Crippen LogP contribution in [0.2, 0.25) is 5.15 Å². The van der Waals surface area contributed by atoms with Crippen molar-refractivity contribution >= 4 is 11.6 Å². The molecule has 1 fully saturated rings. The summed E-state index contributed by atoms with van der Waals surface area (Å²) >= 11 is 5.71. The first-order chi connectivity index (χ1) is 7.25. The van der Waals surface area contributed by atoms with Crippen molar-refractivity contribution in [1.29, 1.82) is 0 Å². The first-order valence-corrected chi connectivity index (χ1v) is 5.24. The first-order valence-electron chi connectivity index (χ1n) is 4.87. The quantitative estimate of drug-likeness (QED) is 0.724. The average molecular weight is 231 g/mol. The lowest BCUT2D eigenvalue weighted by Gasteiger charge is -2.26. The van der Waals surface area contributed by atoms with Gasteiger partial charge in [0.2, 0.25) is 0 Å². The normalized spacial score (nSPS) is 18.0. The topological polar surface area (TPSA) is 25.4 Å². The lowest BCUT2D eigenvalue weighted by atomic mass is 10.3. The van der Waals surface area contributed by atoms with Crippen LogP contribution in [-0.4, -0.2) is 36.2 Å². The second-order valence-corrected chi connectivity index (χ2v) is 3.84. The van der Waals surface area contributed by atoms with Crippen LogP contribution < -0.4 is 0 Å². The number of nitrogens with zero attached hydrogens (tertiary/aromatic N) is 2. The fourth-order valence-electron chi connectivity index (χ4n) is 1.54. The second kappa shape index (κ2) is 4.88. The van der Waals surface area contributed by atoms with Crippen LogP contribution in [0.3, 0.4) is 0 Å². The molecule has 0 bridgehead atoms. The van der Waals surface area contributed by atoms with Gasteiger partial charge in [-0.15, -0.1) is 0 Å². The summed E-state index contributed by atoms with van der Waals surface area (Å²) < 4.78 is 18.6. The lowest BCUT2D eigenvalue weighted by molar-refractivity contribution is 0.0331. The summed E-state index contributed by atoms with van der Waals surface area (Å²) in [5.74, 6) is -0.300. The minimum atomic E-state index is -0.300. The van der Waals surface area contributed by atoms with E-state index >= 15 is 0 Å². The number of halogens is 2. The molecule has 0 spiro atoms. The third-order valence-corrected chi connectivity index (χ3v) is 2.57. The molecule has 0 aromatic carbocycles. The van der Waals surface area contributed by atoms with E-state index in [-0.39, 0.29) is 5.82 Å². The van der Waals surface area contributed by atoms with Crippen LogP contribution in [0.1, 0.15) is 5.69 Å². The van der Waals surface area contributed by atoms with Crippen molar-refractivity contribution in [1.82, 2.24) is 9.88 Å². The van der Waals surface area contributed by atoms with Gasteiger partial charge in [0.05, 0.1) is 18.9 Å². The molecule has 0 saturated carbocycles. The molecule has 1 aromatic heterocycles. The molecule has 2 rings (SSSR count). The summed E-state index contributed by atoms with van der Waals surface area (Å²) in [5.41, 5.74) is 0.407. The maximum atomic E-state index is 13.3. The highest BCUT2D eigenvalue weighted by atomic mass is 35.5. The Balaban J connectivity index is 2.05. The van der Waals surface area contributed by atoms with Crippen molar-refractivity contribution in [2.75, 3.05) is 26.3 Å². The van der Waals surface area contributed by atoms with Gasteiger partial charge >= 0.3 is 0 Å². The first kappa shape index (κ1) is 10.8. The van der Waals surface area contributed by atoms with E-state index in [0.29, 0.717) is 30.6 Å². The number of pyridine rings is 1. The third-order valence-electron chi connectivity index (χ3n) is 2.36. The Bertz CT molecular complexity index is 342. The van der Waals surface area contributed by atoms with Crippen LogP contribution in [0.15, 0.2) is 12.1 Å². The highest BCUT2D eigenvalue weighted by Crippen LogP contribution is 2.12. The maximum Gasteiger partial charge on any atom is 0.146 e. The summed E-state index contributed by atoms with van der Waals surface area (Å²) in [4.78, 5) is 6.08. The summed E-state index contributed by atoms with van der Waals surface area (Å²) in [6.07, 6.45) is 0. The molecule has 0 N–H and O–H groups in total. The lowest BCUT2D eigenvalue weighted by Crippen LogP contribution is -2.36. The van der Waals surface area contributed by atoms with E-state index < -0.39 is 0 Å². The van der Waals surface area contributed by atoms with Crippen LogP contribution >= 0.6 is 11.6 Å². The molecule has 1 aliphatic rings. The van der Waals surface area contributed by atoms with E-state index in [2.05, 4.69) is 9.88 Å². The number of ether oxygens (including phenoxy) is 1. The Hall–Kier alpha value is -0.710. The predicted molar refractivity (Wildman–Crippen MR) is 55.3 cm³/mol. The van der Waals surface area contributed by atoms with Gasteiger partial charge in [-0.3, -0.25) is 4.90 Å². The van der Waals surface area contributed by atoms with Gasteiger partial charge < -0.3 is 4.74 Å². The Morgan fingerprint density at radius 1 is 1.40 bits per heavy atom. The van der Waals surface area contributed by atoms with Gasteiger partial charge in [-0.1, -0.05) is 11.6 Å². The van der Waals surface area contributed by atoms with Crippen molar-refractivity contribution in [3.8, 4) is 0 Å². The third kappa shape index (κ3) is 2.87. The van der Waals surface area contributed by atoms with Crippen molar-refractivity contribution in [3.05, 3.63) is 28.8 Å². The molecule has 3 nitrogen and oxygen atoms in total. The molecule has 0 atom stereocenters. The van der Waals surface area contributed by atoms with Crippen LogP contribution in [0.5, 0.6) is 0 Å². The molecule has 1 aromatic rings. The molecule has 1 aliphatic heterocycles. The highest BCUT2D eigenvalue weighted by molar-refractivity contribution is 6.29. The molecule has 5 heteroatoms. The minimum Gasteiger partial charge on any atom is -0.379 e. The molecule has 1 saturated heterocycles. The average Bonchev–Trinajstić information content (AvgIpc) is 2.25. The van der Waals surface area contributed by atoms with E-state index in [1.54, 1.807) is 0 Å². The van der Waals surface area contributed by atoms with Gasteiger partial charge in [0.15, 0.2) is 0 Å². The fraction of sp³-hybridized carbons (Fsp3) is 0.500. The van der Waals surface area contributed by atoms with Gasteiger partial charge in [-0.05, 0) is 12.1 Å². The Morgan fingerprint density at radius 2 is 2.13 bits per heavy atom. The minimum absolute atomic E-state index is 0.300. The van der Waals surface area contributed by atoms with Crippen molar-refractivity contribution < 1.29 is 9.13 Å². The standard InChI is InChI=1S/C10H12ClFN2O/c11-10-2-1-8(12)9(13-10)7-14-3-5-15-6-4-14/h1-2H,3-7H2. The van der Waals surface area contributed by atoms with E-state index in [9.17, 15) is 4.39 Å². The number of morpholine rings is 1. The van der Waals surface area contributed by atoms with Gasteiger partial charge in [0.25, 0.3) is 0 Å². The second-order valence-electron chi connectivity index (χ2n) is 3.45. The van der Waals surface area contributed by atoms with Crippen LogP contribution in [0, 0.1) is 5.82 Å². The van der Waals surface area contributed by atoms with Crippen LogP contribution in [0.25, 0.3) is 0 Å².